The van der Waals surface area contributed by atoms with Gasteiger partial charge < -0.3 is 14.9 Å². The molecule has 19 heavy (non-hydrogen) atoms. The first-order valence-corrected chi connectivity index (χ1v) is 7.50. The summed E-state index contributed by atoms with van der Waals surface area (Å²) in [6.45, 7) is 6.14. The van der Waals surface area contributed by atoms with E-state index in [1.54, 1.807) is 0 Å². The maximum atomic E-state index is 12.3. The number of aliphatic hydroxyl groups is 1. The maximum Gasteiger partial charge on any atom is 0.236 e. The summed E-state index contributed by atoms with van der Waals surface area (Å²) in [4.78, 5) is 18.8. The number of hydrogen-bond donors (Lipinski definition) is 1. The van der Waals surface area contributed by atoms with E-state index in [1.807, 2.05) is 4.90 Å². The number of hydrogen-bond acceptors (Lipinski definition) is 4. The molecule has 1 saturated carbocycles. The van der Waals surface area contributed by atoms with Gasteiger partial charge in [-0.1, -0.05) is 0 Å². The number of likely N-dealkylation sites (tertiary alicyclic amines) is 1. The molecular formula is C14H25N3O2. The topological polar surface area (TPSA) is 47.0 Å². The van der Waals surface area contributed by atoms with Crippen LogP contribution in [0.25, 0.3) is 0 Å². The second-order valence-corrected chi connectivity index (χ2v) is 6.45. The number of likely N-dealkylation sites (N-methyl/N-ethyl adjacent to an activating group) is 1. The van der Waals surface area contributed by atoms with Crippen LogP contribution in [0.4, 0.5) is 0 Å². The molecule has 5 heteroatoms. The van der Waals surface area contributed by atoms with E-state index in [-0.39, 0.29) is 12.0 Å². The lowest BCUT2D eigenvalue weighted by atomic mass is 10.00. The van der Waals surface area contributed by atoms with Crippen molar-refractivity contribution in [2.75, 3.05) is 52.9 Å². The minimum absolute atomic E-state index is 0.131. The monoisotopic (exact) mass is 267 g/mol. The number of carbonyl (C=O) groups is 1. The number of fused-ring (bicyclic) bond motifs is 1. The van der Waals surface area contributed by atoms with Crippen LogP contribution in [0.3, 0.4) is 0 Å². The van der Waals surface area contributed by atoms with Crippen molar-refractivity contribution in [3.05, 3.63) is 0 Å². The van der Waals surface area contributed by atoms with Crippen molar-refractivity contribution in [3.63, 3.8) is 0 Å². The molecule has 0 aromatic rings. The predicted octanol–water partition coefficient (Wildman–Crippen LogP) is -0.537. The second-order valence-electron chi connectivity index (χ2n) is 6.45. The first-order chi connectivity index (χ1) is 9.13. The van der Waals surface area contributed by atoms with Crippen LogP contribution in [-0.2, 0) is 4.79 Å². The van der Waals surface area contributed by atoms with Gasteiger partial charge in [0, 0.05) is 45.2 Å². The van der Waals surface area contributed by atoms with Crippen molar-refractivity contribution in [2.45, 2.75) is 18.9 Å². The molecule has 1 aliphatic carbocycles. The number of carbonyl (C=O) groups excluding carboxylic acids is 1. The van der Waals surface area contributed by atoms with Crippen LogP contribution in [-0.4, -0.2) is 84.7 Å². The van der Waals surface area contributed by atoms with Gasteiger partial charge in [0.1, 0.15) is 0 Å². The van der Waals surface area contributed by atoms with E-state index in [2.05, 4.69) is 16.8 Å². The smallest absolute Gasteiger partial charge is 0.236 e. The Morgan fingerprint density at radius 1 is 1.16 bits per heavy atom. The molecule has 3 aliphatic rings. The highest BCUT2D eigenvalue weighted by Crippen LogP contribution is 2.37. The van der Waals surface area contributed by atoms with Gasteiger partial charge in [-0.25, -0.2) is 0 Å². The van der Waals surface area contributed by atoms with Gasteiger partial charge in [0.2, 0.25) is 5.91 Å². The average molecular weight is 267 g/mol. The van der Waals surface area contributed by atoms with Gasteiger partial charge in [0.25, 0.3) is 0 Å². The molecule has 2 saturated heterocycles. The summed E-state index contributed by atoms with van der Waals surface area (Å²) in [5.74, 6) is 1.30. The van der Waals surface area contributed by atoms with Crippen molar-refractivity contribution in [3.8, 4) is 0 Å². The summed E-state index contributed by atoms with van der Waals surface area (Å²) >= 11 is 0. The van der Waals surface area contributed by atoms with Crippen molar-refractivity contribution in [1.29, 1.82) is 0 Å². The largest absolute Gasteiger partial charge is 0.393 e. The molecule has 2 aliphatic heterocycles. The highest BCUT2D eigenvalue weighted by atomic mass is 16.3. The molecule has 5 nitrogen and oxygen atoms in total. The zero-order chi connectivity index (χ0) is 13.4. The molecule has 0 spiro atoms. The molecule has 0 aromatic heterocycles. The zero-order valence-electron chi connectivity index (χ0n) is 11.8. The Kier molecular flexibility index (Phi) is 3.78. The third kappa shape index (κ3) is 2.78. The van der Waals surface area contributed by atoms with Gasteiger partial charge in [-0.3, -0.25) is 9.69 Å². The van der Waals surface area contributed by atoms with Crippen LogP contribution in [0.2, 0.25) is 0 Å². The molecule has 3 fully saturated rings. The van der Waals surface area contributed by atoms with Crippen LogP contribution in [0.1, 0.15) is 12.8 Å². The van der Waals surface area contributed by atoms with Crippen molar-refractivity contribution in [1.82, 2.24) is 14.7 Å². The Balaban J connectivity index is 1.48. The molecule has 108 valence electrons. The van der Waals surface area contributed by atoms with E-state index in [4.69, 9.17) is 0 Å². The van der Waals surface area contributed by atoms with E-state index in [1.165, 1.54) is 0 Å². The summed E-state index contributed by atoms with van der Waals surface area (Å²) < 4.78 is 0. The first kappa shape index (κ1) is 13.3. The standard InChI is InChI=1S/C14H25N3O2/c1-15-4-6-17(7-5-15)14(19)10-16-8-11-2-3-13(18)12(11)9-16/h11-13,18H,2-10H2,1H3. The van der Waals surface area contributed by atoms with Crippen LogP contribution in [0, 0.1) is 11.8 Å². The molecule has 3 rings (SSSR count). The van der Waals surface area contributed by atoms with Crippen LogP contribution < -0.4 is 0 Å². The van der Waals surface area contributed by atoms with Gasteiger partial charge in [0.05, 0.1) is 12.6 Å². The summed E-state index contributed by atoms with van der Waals surface area (Å²) in [5, 5.41) is 9.90. The quantitative estimate of drug-likeness (QED) is 0.730. The molecule has 1 amide bonds. The number of rotatable bonds is 2. The van der Waals surface area contributed by atoms with Gasteiger partial charge in [-0.15, -0.1) is 0 Å². The van der Waals surface area contributed by atoms with Gasteiger partial charge in [-0.2, -0.15) is 0 Å². The molecular weight excluding hydrogens is 242 g/mol. The molecule has 3 unspecified atom stereocenters. The lowest BCUT2D eigenvalue weighted by Gasteiger charge is -2.33. The Hall–Kier alpha value is -0.650. The summed E-state index contributed by atoms with van der Waals surface area (Å²) in [6.07, 6.45) is 1.95. The third-order valence-electron chi connectivity index (χ3n) is 5.11. The third-order valence-corrected chi connectivity index (χ3v) is 5.11. The molecule has 3 atom stereocenters. The van der Waals surface area contributed by atoms with Gasteiger partial charge >= 0.3 is 0 Å². The first-order valence-electron chi connectivity index (χ1n) is 7.50. The van der Waals surface area contributed by atoms with E-state index >= 15 is 0 Å². The summed E-state index contributed by atoms with van der Waals surface area (Å²) in [6, 6.07) is 0. The van der Waals surface area contributed by atoms with Crippen LogP contribution in [0.15, 0.2) is 0 Å². The number of amides is 1. The van der Waals surface area contributed by atoms with Crippen LogP contribution in [0.5, 0.6) is 0 Å². The number of aliphatic hydroxyl groups excluding tert-OH is 1. The van der Waals surface area contributed by atoms with E-state index < -0.39 is 0 Å². The molecule has 2 heterocycles. The minimum atomic E-state index is -0.131. The van der Waals surface area contributed by atoms with Crippen molar-refractivity contribution in [2.24, 2.45) is 11.8 Å². The average Bonchev–Trinajstić information content (AvgIpc) is 2.93. The Morgan fingerprint density at radius 2 is 1.89 bits per heavy atom. The van der Waals surface area contributed by atoms with Crippen molar-refractivity contribution < 1.29 is 9.90 Å². The lowest BCUT2D eigenvalue weighted by Crippen LogP contribution is -2.50. The Bertz CT molecular complexity index is 342. The highest BCUT2D eigenvalue weighted by Gasteiger charge is 2.42. The fourth-order valence-electron chi connectivity index (χ4n) is 3.81. The molecule has 0 aromatic carbocycles. The minimum Gasteiger partial charge on any atom is -0.393 e. The van der Waals surface area contributed by atoms with E-state index in [0.29, 0.717) is 18.4 Å². The second kappa shape index (κ2) is 5.38. The van der Waals surface area contributed by atoms with E-state index in [0.717, 1.165) is 52.1 Å². The normalized spacial score (nSPS) is 36.7. The van der Waals surface area contributed by atoms with Crippen molar-refractivity contribution >= 4 is 5.91 Å². The molecule has 1 N–H and O–H groups in total. The Morgan fingerprint density at radius 3 is 2.58 bits per heavy atom. The lowest BCUT2D eigenvalue weighted by molar-refractivity contribution is -0.133. The number of nitrogens with zero attached hydrogens (tertiary/aromatic N) is 3. The molecule has 0 bridgehead atoms. The zero-order valence-corrected chi connectivity index (χ0v) is 11.8. The predicted molar refractivity (Wildman–Crippen MR) is 72.7 cm³/mol. The number of piperazine rings is 1. The maximum absolute atomic E-state index is 12.3. The summed E-state index contributed by atoms with van der Waals surface area (Å²) in [5.41, 5.74) is 0. The van der Waals surface area contributed by atoms with E-state index in [9.17, 15) is 9.90 Å². The highest BCUT2D eigenvalue weighted by molar-refractivity contribution is 5.78. The Labute approximate surface area is 115 Å². The molecule has 0 radical (unpaired) electrons. The summed E-state index contributed by atoms with van der Waals surface area (Å²) in [7, 11) is 2.10. The van der Waals surface area contributed by atoms with Gasteiger partial charge in [0.15, 0.2) is 0 Å². The SMILES string of the molecule is CN1CCN(C(=O)CN2CC3CCC(O)C3C2)CC1. The fraction of sp³-hybridized carbons (Fsp3) is 0.929. The van der Waals surface area contributed by atoms with Crippen LogP contribution >= 0.6 is 0 Å². The fourth-order valence-corrected chi connectivity index (χ4v) is 3.81. The van der Waals surface area contributed by atoms with Gasteiger partial charge in [-0.05, 0) is 25.8 Å².